The van der Waals surface area contributed by atoms with E-state index in [1.807, 2.05) is 0 Å². The Bertz CT molecular complexity index is 682. The number of nitrogens with one attached hydrogen (secondary N) is 1. The molecule has 0 radical (unpaired) electrons. The number of piperidine rings is 1. The summed E-state index contributed by atoms with van der Waals surface area (Å²) in [7, 11) is -3.93. The lowest BCUT2D eigenvalue weighted by molar-refractivity contribution is -0.387. The minimum absolute atomic E-state index is 0.290. The van der Waals surface area contributed by atoms with Gasteiger partial charge in [0.2, 0.25) is 10.0 Å². The van der Waals surface area contributed by atoms with Crippen molar-refractivity contribution in [2.45, 2.75) is 38.1 Å². The molecule has 1 saturated heterocycles. The van der Waals surface area contributed by atoms with E-state index in [1.165, 1.54) is 30.7 Å². The molecule has 1 heterocycles. The number of likely N-dealkylation sites (tertiary alicyclic amines) is 1. The lowest BCUT2D eigenvalue weighted by Gasteiger charge is -2.36. The highest BCUT2D eigenvalue weighted by atomic mass is 32.2. The van der Waals surface area contributed by atoms with E-state index in [2.05, 4.69) is 23.5 Å². The SMILES string of the molecule is C[C@@H]1C[C@H](C)CN(C[C@@H](C)NS(=O)(=O)c2ccccc2[N+](=O)[O-])C1. The molecule has 1 aromatic carbocycles. The Kier molecular flexibility index (Phi) is 5.95. The monoisotopic (exact) mass is 355 g/mol. The van der Waals surface area contributed by atoms with Gasteiger partial charge in [-0.1, -0.05) is 26.0 Å². The van der Waals surface area contributed by atoms with Gasteiger partial charge in [0.05, 0.1) is 4.92 Å². The molecule has 0 spiro atoms. The number of nitro groups is 1. The molecule has 7 nitrogen and oxygen atoms in total. The summed E-state index contributed by atoms with van der Waals surface area (Å²) in [6.07, 6.45) is 1.19. The lowest BCUT2D eigenvalue weighted by atomic mass is 9.92. The van der Waals surface area contributed by atoms with Crippen LogP contribution in [0.5, 0.6) is 0 Å². The van der Waals surface area contributed by atoms with E-state index in [-0.39, 0.29) is 10.9 Å². The predicted octanol–water partition coefficient (Wildman–Crippen LogP) is 2.24. The Hall–Kier alpha value is -1.51. The third-order valence-electron chi connectivity index (χ3n) is 4.18. The Morgan fingerprint density at radius 1 is 1.29 bits per heavy atom. The summed E-state index contributed by atoms with van der Waals surface area (Å²) in [4.78, 5) is 12.3. The molecule has 1 fully saturated rings. The summed E-state index contributed by atoms with van der Waals surface area (Å²) in [5.41, 5.74) is -0.405. The number of sulfonamides is 1. The van der Waals surface area contributed by atoms with Crippen molar-refractivity contribution in [3.63, 3.8) is 0 Å². The number of nitro benzene ring substituents is 1. The van der Waals surface area contributed by atoms with Crippen LogP contribution in [0, 0.1) is 22.0 Å². The second kappa shape index (κ2) is 7.58. The van der Waals surface area contributed by atoms with Gasteiger partial charge in [0.1, 0.15) is 0 Å². The molecular formula is C16H25N3O4S. The fourth-order valence-corrected chi connectivity index (χ4v) is 4.94. The molecule has 2 rings (SSSR count). The maximum atomic E-state index is 12.5. The first-order valence-corrected chi connectivity index (χ1v) is 9.65. The fourth-order valence-electron chi connectivity index (χ4n) is 3.53. The summed E-state index contributed by atoms with van der Waals surface area (Å²) in [6, 6.07) is 5.08. The molecular weight excluding hydrogens is 330 g/mol. The van der Waals surface area contributed by atoms with Crippen LogP contribution < -0.4 is 4.72 Å². The fraction of sp³-hybridized carbons (Fsp3) is 0.625. The zero-order valence-electron chi connectivity index (χ0n) is 14.3. The lowest BCUT2D eigenvalue weighted by Crippen LogP contribution is -2.46. The van der Waals surface area contributed by atoms with Gasteiger partial charge in [-0.3, -0.25) is 10.1 Å². The molecule has 0 amide bonds. The standard InChI is InChI=1S/C16H25N3O4S/c1-12-8-13(2)10-18(9-12)11-14(3)17-24(22,23)16-7-5-4-6-15(16)19(20)21/h4-7,12-14,17H,8-11H2,1-3H3/t12-,13+,14-/m1/s1. The first-order valence-electron chi connectivity index (χ1n) is 8.17. The van der Waals surface area contributed by atoms with E-state index in [4.69, 9.17) is 0 Å². The molecule has 24 heavy (non-hydrogen) atoms. The van der Waals surface area contributed by atoms with Gasteiger partial charge in [0.25, 0.3) is 5.69 Å². The molecule has 1 aliphatic rings. The van der Waals surface area contributed by atoms with Crippen LogP contribution in [0.15, 0.2) is 29.2 Å². The van der Waals surface area contributed by atoms with Crippen molar-refractivity contribution in [2.24, 2.45) is 11.8 Å². The third-order valence-corrected chi connectivity index (χ3v) is 5.82. The smallest absolute Gasteiger partial charge is 0.289 e. The van der Waals surface area contributed by atoms with E-state index >= 15 is 0 Å². The van der Waals surface area contributed by atoms with Crippen molar-refractivity contribution in [1.29, 1.82) is 0 Å². The van der Waals surface area contributed by atoms with E-state index in [1.54, 1.807) is 6.92 Å². The molecule has 1 aliphatic heterocycles. The van der Waals surface area contributed by atoms with Gasteiger partial charge in [0.15, 0.2) is 4.90 Å². The number of hydrogen-bond donors (Lipinski definition) is 1. The van der Waals surface area contributed by atoms with Crippen molar-refractivity contribution in [3.8, 4) is 0 Å². The first-order chi connectivity index (χ1) is 11.2. The second-order valence-corrected chi connectivity index (χ2v) is 8.59. The highest BCUT2D eigenvalue weighted by Crippen LogP contribution is 2.24. The summed E-state index contributed by atoms with van der Waals surface area (Å²) < 4.78 is 27.6. The predicted molar refractivity (Wildman–Crippen MR) is 92.3 cm³/mol. The maximum Gasteiger partial charge on any atom is 0.289 e. The molecule has 0 aliphatic carbocycles. The summed E-state index contributed by atoms with van der Waals surface area (Å²) >= 11 is 0. The summed E-state index contributed by atoms with van der Waals surface area (Å²) in [5.74, 6) is 1.18. The number of nitrogens with zero attached hydrogens (tertiary/aromatic N) is 2. The molecule has 0 aromatic heterocycles. The molecule has 8 heteroatoms. The van der Waals surface area contributed by atoms with Gasteiger partial charge < -0.3 is 4.90 Å². The van der Waals surface area contributed by atoms with Gasteiger partial charge in [0, 0.05) is 31.7 Å². The zero-order valence-corrected chi connectivity index (χ0v) is 15.1. The molecule has 0 unspecified atom stereocenters. The zero-order chi connectivity index (χ0) is 17.9. The van der Waals surface area contributed by atoms with Gasteiger partial charge in [-0.2, -0.15) is 0 Å². The summed E-state index contributed by atoms with van der Waals surface area (Å²) in [5, 5.41) is 11.0. The van der Waals surface area contributed by atoms with Crippen LogP contribution in [0.25, 0.3) is 0 Å². The minimum Gasteiger partial charge on any atom is -0.301 e. The highest BCUT2D eigenvalue weighted by Gasteiger charge is 2.28. The van der Waals surface area contributed by atoms with Crippen LogP contribution in [-0.4, -0.2) is 43.9 Å². The van der Waals surface area contributed by atoms with Gasteiger partial charge in [-0.15, -0.1) is 0 Å². The Labute approximate surface area is 143 Å². The Morgan fingerprint density at radius 3 is 2.46 bits per heavy atom. The number of rotatable bonds is 6. The van der Waals surface area contributed by atoms with E-state index in [0.29, 0.717) is 18.4 Å². The molecule has 0 saturated carbocycles. The van der Waals surface area contributed by atoms with Crippen molar-refractivity contribution in [1.82, 2.24) is 9.62 Å². The topological polar surface area (TPSA) is 92.6 Å². The van der Waals surface area contributed by atoms with Gasteiger partial charge >= 0.3 is 0 Å². The Balaban J connectivity index is 2.08. The summed E-state index contributed by atoms with van der Waals surface area (Å²) in [6.45, 7) is 8.67. The average molecular weight is 355 g/mol. The maximum absolute atomic E-state index is 12.5. The van der Waals surface area contributed by atoms with Gasteiger partial charge in [-0.25, -0.2) is 13.1 Å². The molecule has 134 valence electrons. The van der Waals surface area contributed by atoms with Crippen molar-refractivity contribution >= 4 is 15.7 Å². The largest absolute Gasteiger partial charge is 0.301 e. The van der Waals surface area contributed by atoms with Crippen molar-refractivity contribution in [2.75, 3.05) is 19.6 Å². The number of hydrogen-bond acceptors (Lipinski definition) is 5. The van der Waals surface area contributed by atoms with Crippen LogP contribution in [0.2, 0.25) is 0 Å². The van der Waals surface area contributed by atoms with Crippen molar-refractivity contribution in [3.05, 3.63) is 34.4 Å². The average Bonchev–Trinajstić information content (AvgIpc) is 2.45. The Morgan fingerprint density at radius 2 is 1.88 bits per heavy atom. The van der Waals surface area contributed by atoms with Gasteiger partial charge in [-0.05, 0) is 31.2 Å². The van der Waals surface area contributed by atoms with Crippen LogP contribution in [0.4, 0.5) is 5.69 Å². The molecule has 1 N–H and O–H groups in total. The van der Waals surface area contributed by atoms with E-state index in [0.717, 1.165) is 13.1 Å². The van der Waals surface area contributed by atoms with Crippen molar-refractivity contribution < 1.29 is 13.3 Å². The third kappa shape index (κ3) is 4.75. The van der Waals surface area contributed by atoms with E-state index < -0.39 is 20.6 Å². The second-order valence-electron chi connectivity index (χ2n) is 6.91. The first kappa shape index (κ1) is 18.8. The van der Waals surface area contributed by atoms with Crippen LogP contribution in [-0.2, 0) is 10.0 Å². The normalized spacial score (nSPS) is 23.8. The molecule has 0 bridgehead atoms. The molecule has 1 aromatic rings. The number of benzene rings is 1. The number of para-hydroxylation sites is 1. The van der Waals surface area contributed by atoms with Crippen LogP contribution in [0.3, 0.4) is 0 Å². The highest BCUT2D eigenvalue weighted by molar-refractivity contribution is 7.89. The van der Waals surface area contributed by atoms with Crippen LogP contribution in [0.1, 0.15) is 27.2 Å². The quantitative estimate of drug-likeness (QED) is 0.624. The van der Waals surface area contributed by atoms with Crippen LogP contribution >= 0.6 is 0 Å². The molecule has 3 atom stereocenters. The van der Waals surface area contributed by atoms with E-state index in [9.17, 15) is 18.5 Å². The minimum atomic E-state index is -3.93.